The minimum atomic E-state index is -0.804. The zero-order chi connectivity index (χ0) is 14.5. The molecule has 0 aromatic heterocycles. The van der Waals surface area contributed by atoms with E-state index in [1.165, 1.54) is 4.90 Å². The second kappa shape index (κ2) is 4.64. The number of halogens is 2. The van der Waals surface area contributed by atoms with E-state index in [9.17, 15) is 9.59 Å². The van der Waals surface area contributed by atoms with E-state index >= 15 is 0 Å². The van der Waals surface area contributed by atoms with Crippen LogP contribution in [0.2, 0.25) is 10.0 Å². The predicted octanol–water partition coefficient (Wildman–Crippen LogP) is 2.62. The van der Waals surface area contributed by atoms with Crippen LogP contribution in [0.3, 0.4) is 0 Å². The smallest absolute Gasteiger partial charge is 0.253 e. The van der Waals surface area contributed by atoms with E-state index in [-0.39, 0.29) is 24.3 Å². The molecule has 2 fully saturated rings. The molecule has 1 N–H and O–H groups in total. The first-order valence-corrected chi connectivity index (χ1v) is 7.25. The first-order valence-electron chi connectivity index (χ1n) is 6.50. The number of piperazine rings is 1. The van der Waals surface area contributed by atoms with Gasteiger partial charge in [-0.25, -0.2) is 0 Å². The van der Waals surface area contributed by atoms with Crippen LogP contribution >= 0.6 is 23.2 Å². The number of hydrogen-bond acceptors (Lipinski definition) is 2. The van der Waals surface area contributed by atoms with Crippen LogP contribution in [-0.2, 0) is 9.59 Å². The van der Waals surface area contributed by atoms with Crippen molar-refractivity contribution in [2.24, 2.45) is 5.92 Å². The first-order chi connectivity index (χ1) is 9.41. The number of carbonyl (C=O) groups is 2. The molecule has 1 heterocycles. The maximum Gasteiger partial charge on any atom is 0.253 e. The molecule has 1 atom stereocenters. The van der Waals surface area contributed by atoms with E-state index in [2.05, 4.69) is 5.32 Å². The molecule has 1 saturated carbocycles. The van der Waals surface area contributed by atoms with Crippen LogP contribution in [-0.4, -0.2) is 23.9 Å². The van der Waals surface area contributed by atoms with Crippen molar-refractivity contribution in [3.8, 4) is 0 Å². The van der Waals surface area contributed by atoms with E-state index < -0.39 is 5.54 Å². The maximum absolute atomic E-state index is 12.7. The van der Waals surface area contributed by atoms with Gasteiger partial charge in [0.1, 0.15) is 12.1 Å². The molecule has 1 aliphatic heterocycles. The Bertz CT molecular complexity index is 601. The number of rotatable bonds is 2. The summed E-state index contributed by atoms with van der Waals surface area (Å²) >= 11 is 11.9. The van der Waals surface area contributed by atoms with Crippen molar-refractivity contribution in [2.45, 2.75) is 25.3 Å². The largest absolute Gasteiger partial charge is 0.340 e. The number of nitrogens with one attached hydrogen (secondary N) is 1. The van der Waals surface area contributed by atoms with Crippen LogP contribution in [0.25, 0.3) is 0 Å². The third-order valence-electron chi connectivity index (χ3n) is 4.00. The Morgan fingerprint density at radius 1 is 1.25 bits per heavy atom. The Labute approximate surface area is 127 Å². The average molecular weight is 313 g/mol. The second-order valence-corrected chi connectivity index (χ2v) is 6.33. The van der Waals surface area contributed by atoms with Gasteiger partial charge in [-0.1, -0.05) is 23.2 Å². The number of carbonyl (C=O) groups excluding carboxylic acids is 2. The zero-order valence-corrected chi connectivity index (χ0v) is 12.5. The van der Waals surface area contributed by atoms with Gasteiger partial charge in [-0.15, -0.1) is 0 Å². The van der Waals surface area contributed by atoms with Crippen LogP contribution in [0.5, 0.6) is 0 Å². The van der Waals surface area contributed by atoms with E-state index in [1.54, 1.807) is 25.1 Å². The Kier molecular flexibility index (Phi) is 3.18. The van der Waals surface area contributed by atoms with Crippen molar-refractivity contribution < 1.29 is 9.59 Å². The zero-order valence-electron chi connectivity index (χ0n) is 11.0. The standard InChI is InChI=1S/C14H14Cl2N2O2/c1-14(8-2-3-8)13(20)18(7-12(19)17-14)9-4-5-10(15)11(16)6-9/h4-6,8H,2-3,7H2,1H3,(H,17,19). The Balaban J connectivity index is 1.97. The maximum atomic E-state index is 12.7. The van der Waals surface area contributed by atoms with Crippen LogP contribution in [0.15, 0.2) is 18.2 Å². The Morgan fingerprint density at radius 3 is 2.55 bits per heavy atom. The van der Waals surface area contributed by atoms with Gasteiger partial charge < -0.3 is 10.2 Å². The number of hydrogen-bond donors (Lipinski definition) is 1. The first kappa shape index (κ1) is 13.7. The summed E-state index contributed by atoms with van der Waals surface area (Å²) in [5.41, 5.74) is -0.201. The number of amides is 2. The topological polar surface area (TPSA) is 49.4 Å². The van der Waals surface area contributed by atoms with Crippen molar-refractivity contribution >= 4 is 40.7 Å². The molecule has 0 bridgehead atoms. The van der Waals surface area contributed by atoms with Gasteiger partial charge in [-0.2, -0.15) is 0 Å². The predicted molar refractivity (Wildman–Crippen MR) is 78.1 cm³/mol. The van der Waals surface area contributed by atoms with E-state index in [1.807, 2.05) is 0 Å². The molecule has 20 heavy (non-hydrogen) atoms. The quantitative estimate of drug-likeness (QED) is 0.912. The average Bonchev–Trinajstić information content (AvgIpc) is 3.22. The summed E-state index contributed by atoms with van der Waals surface area (Å²) in [7, 11) is 0. The minimum absolute atomic E-state index is 0.0130. The normalized spacial score (nSPS) is 26.6. The van der Waals surface area contributed by atoms with Gasteiger partial charge in [0.2, 0.25) is 5.91 Å². The summed E-state index contributed by atoms with van der Waals surface area (Å²) in [6.45, 7) is 1.81. The SMILES string of the molecule is CC1(C2CC2)NC(=O)CN(c2ccc(Cl)c(Cl)c2)C1=O. The van der Waals surface area contributed by atoms with Gasteiger partial charge in [0, 0.05) is 5.69 Å². The molecule has 1 aliphatic carbocycles. The molecule has 2 amide bonds. The Hall–Kier alpha value is -1.26. The molecule has 1 saturated heterocycles. The third kappa shape index (κ3) is 2.17. The molecule has 2 aliphatic rings. The number of benzene rings is 1. The van der Waals surface area contributed by atoms with Gasteiger partial charge in [-0.05, 0) is 43.9 Å². The highest BCUT2D eigenvalue weighted by Gasteiger charge is 2.52. The summed E-state index contributed by atoms with van der Waals surface area (Å²) in [6.07, 6.45) is 1.94. The van der Waals surface area contributed by atoms with Crippen molar-refractivity contribution in [3.05, 3.63) is 28.2 Å². The lowest BCUT2D eigenvalue weighted by Gasteiger charge is -2.40. The molecule has 0 spiro atoms. The summed E-state index contributed by atoms with van der Waals surface area (Å²) < 4.78 is 0. The van der Waals surface area contributed by atoms with Gasteiger partial charge in [0.15, 0.2) is 0 Å². The summed E-state index contributed by atoms with van der Waals surface area (Å²) in [5, 5.41) is 3.64. The highest BCUT2D eigenvalue weighted by molar-refractivity contribution is 6.42. The van der Waals surface area contributed by atoms with Gasteiger partial charge in [0.25, 0.3) is 5.91 Å². The highest BCUT2D eigenvalue weighted by Crippen LogP contribution is 2.42. The molecule has 4 nitrogen and oxygen atoms in total. The van der Waals surface area contributed by atoms with Crippen LogP contribution < -0.4 is 10.2 Å². The molecular weight excluding hydrogens is 299 g/mol. The summed E-state index contributed by atoms with van der Waals surface area (Å²) in [4.78, 5) is 26.1. The van der Waals surface area contributed by atoms with E-state index in [0.717, 1.165) is 12.8 Å². The third-order valence-corrected chi connectivity index (χ3v) is 4.74. The van der Waals surface area contributed by atoms with Crippen molar-refractivity contribution in [1.29, 1.82) is 0 Å². The monoisotopic (exact) mass is 312 g/mol. The lowest BCUT2D eigenvalue weighted by molar-refractivity contribution is -0.136. The van der Waals surface area contributed by atoms with Crippen molar-refractivity contribution in [2.75, 3.05) is 11.4 Å². The van der Waals surface area contributed by atoms with Gasteiger partial charge in [-0.3, -0.25) is 9.59 Å². The molecule has 1 aromatic carbocycles. The molecule has 1 aromatic rings. The lowest BCUT2D eigenvalue weighted by atomic mass is 9.91. The van der Waals surface area contributed by atoms with Gasteiger partial charge in [0.05, 0.1) is 10.0 Å². The van der Waals surface area contributed by atoms with E-state index in [0.29, 0.717) is 15.7 Å². The van der Waals surface area contributed by atoms with Crippen molar-refractivity contribution in [1.82, 2.24) is 5.32 Å². The molecular formula is C14H14Cl2N2O2. The number of nitrogens with zero attached hydrogens (tertiary/aromatic N) is 1. The second-order valence-electron chi connectivity index (χ2n) is 5.51. The summed E-state index contributed by atoms with van der Waals surface area (Å²) in [6, 6.07) is 4.96. The molecule has 0 radical (unpaired) electrons. The minimum Gasteiger partial charge on any atom is -0.340 e. The molecule has 106 valence electrons. The molecule has 1 unspecified atom stereocenters. The fraction of sp³-hybridized carbons (Fsp3) is 0.429. The fourth-order valence-electron chi connectivity index (χ4n) is 2.68. The van der Waals surface area contributed by atoms with Crippen LogP contribution in [0.1, 0.15) is 19.8 Å². The highest BCUT2D eigenvalue weighted by atomic mass is 35.5. The van der Waals surface area contributed by atoms with Crippen molar-refractivity contribution in [3.63, 3.8) is 0 Å². The van der Waals surface area contributed by atoms with E-state index in [4.69, 9.17) is 23.2 Å². The number of anilines is 1. The summed E-state index contributed by atoms with van der Waals surface area (Å²) in [5.74, 6) is -0.00687. The van der Waals surface area contributed by atoms with Gasteiger partial charge >= 0.3 is 0 Å². The Morgan fingerprint density at radius 2 is 1.95 bits per heavy atom. The molecule has 3 rings (SSSR count). The molecule has 6 heteroatoms. The van der Waals surface area contributed by atoms with Crippen LogP contribution in [0.4, 0.5) is 5.69 Å². The lowest BCUT2D eigenvalue weighted by Crippen LogP contribution is -2.66. The van der Waals surface area contributed by atoms with Crippen LogP contribution in [0, 0.1) is 5.92 Å². The fourth-order valence-corrected chi connectivity index (χ4v) is 2.97.